The third-order valence-corrected chi connectivity index (χ3v) is 13.3. The van der Waals surface area contributed by atoms with Crippen LogP contribution in [0, 0.1) is 11.2 Å². The van der Waals surface area contributed by atoms with Crippen LogP contribution >= 0.6 is 46.3 Å². The van der Waals surface area contributed by atoms with Crippen LogP contribution in [0.3, 0.4) is 0 Å². The molecule has 72 heavy (non-hydrogen) atoms. The fraction of sp³-hybridized carbons (Fsp3) is 0.340. The second-order valence-electron chi connectivity index (χ2n) is 17.9. The number of oxime groups is 1. The Morgan fingerprint density at radius 1 is 1.00 bits per heavy atom. The quantitative estimate of drug-likeness (QED) is 0.0176. The number of esters is 1. The number of β-lactam (4-membered cyclic amide) rings is 1. The number of alkyl carbamates (subject to hydrolysis) is 1. The van der Waals surface area contributed by atoms with Crippen molar-refractivity contribution in [1.29, 1.82) is 5.41 Å². The topological polar surface area (TPSA) is 229 Å². The molecule has 2 aliphatic heterocycles. The number of anilines is 1. The lowest BCUT2D eigenvalue weighted by molar-refractivity contribution is -0.663. The Morgan fingerprint density at radius 2 is 1.69 bits per heavy atom. The smallest absolute Gasteiger partial charge is 0.413 e. The predicted octanol–water partition coefficient (Wildman–Crippen LogP) is 4.54. The van der Waals surface area contributed by atoms with Gasteiger partial charge in [-0.25, -0.2) is 23.8 Å². The van der Waals surface area contributed by atoms with Crippen LogP contribution in [0.25, 0.3) is 11.0 Å². The maximum atomic E-state index is 15.7. The number of amidine groups is 1. The molecule has 3 aromatic heterocycles. The van der Waals surface area contributed by atoms with E-state index in [0.717, 1.165) is 17.4 Å². The maximum absolute atomic E-state index is 15.7. The van der Waals surface area contributed by atoms with Crippen LogP contribution in [0.5, 0.6) is 5.75 Å². The summed E-state index contributed by atoms with van der Waals surface area (Å²) in [7, 11) is 2.75. The molecule has 0 saturated carbocycles. The number of carbonyl (C=O) groups excluding carboxylic acids is 5. The number of amides is 4. The molecule has 19 nitrogen and oxygen atoms in total. The number of hydrogen-bond acceptors (Lipinski definition) is 15. The Morgan fingerprint density at radius 3 is 2.35 bits per heavy atom. The van der Waals surface area contributed by atoms with Gasteiger partial charge in [-0.1, -0.05) is 51.8 Å². The molecule has 0 radical (unpaired) electrons. The first kappa shape index (κ1) is 55.3. The first-order chi connectivity index (χ1) is 33.5. The zero-order chi connectivity index (χ0) is 51.5. The minimum absolute atomic E-state index is 0. The van der Waals surface area contributed by atoms with Gasteiger partial charge in [0.1, 0.15) is 75.0 Å². The molecule has 382 valence electrons. The van der Waals surface area contributed by atoms with Gasteiger partial charge in [0.15, 0.2) is 23.6 Å². The maximum Gasteiger partial charge on any atom is 0.413 e. The Bertz CT molecular complexity index is 2990. The van der Waals surface area contributed by atoms with Gasteiger partial charge in [-0.05, 0) is 77.4 Å². The van der Waals surface area contributed by atoms with E-state index in [4.69, 9.17) is 52.4 Å². The lowest BCUT2D eigenvalue weighted by Crippen LogP contribution is -3.00. The highest BCUT2D eigenvalue weighted by atomic mass is 127. The molecule has 5 aromatic rings. The Labute approximate surface area is 448 Å². The first-order valence-electron chi connectivity index (χ1n) is 21.6. The SMILES string of the molecule is CO/N=C(\C(=O)N[C@@H]1C(=O)N2C(C(=O)OCc3ccc(OC)cc3)=C(C[n+]3cccc4c3ccn4Cc3c(F)cc(C(=N)NC(=O)OC(C)(C)C)cc3Cl)CS[C@H]12)c1nc(NC(=O)OC(C)(C)C)sc1Cl.[I-]. The minimum atomic E-state index is -1.13. The van der Waals surface area contributed by atoms with Crippen molar-refractivity contribution in [3.05, 3.63) is 116 Å². The van der Waals surface area contributed by atoms with Crippen molar-refractivity contribution in [1.82, 2.24) is 25.1 Å². The average Bonchev–Trinajstić information content (AvgIpc) is 3.88. The summed E-state index contributed by atoms with van der Waals surface area (Å²) in [6, 6.07) is 13.8. The van der Waals surface area contributed by atoms with Gasteiger partial charge >= 0.3 is 18.2 Å². The second-order valence-corrected chi connectivity index (χ2v) is 21.0. The van der Waals surface area contributed by atoms with E-state index in [0.29, 0.717) is 27.9 Å². The minimum Gasteiger partial charge on any atom is -1.00 e. The van der Waals surface area contributed by atoms with E-state index in [9.17, 15) is 24.0 Å². The van der Waals surface area contributed by atoms with Crippen molar-refractivity contribution in [2.75, 3.05) is 25.3 Å². The fourth-order valence-corrected chi connectivity index (χ4v) is 9.99. The number of aromatic nitrogens is 3. The first-order valence-corrected chi connectivity index (χ1v) is 24.3. The van der Waals surface area contributed by atoms with Crippen LogP contribution in [0.1, 0.15) is 63.9 Å². The number of thiazole rings is 1. The molecular formula is C47H49Cl2FIN9O10S2. The van der Waals surface area contributed by atoms with Crippen LogP contribution < -0.4 is 49.2 Å². The summed E-state index contributed by atoms with van der Waals surface area (Å²) in [6.07, 6.45) is 1.90. The molecule has 1 saturated heterocycles. The number of nitrogens with zero attached hydrogens (tertiary/aromatic N) is 5. The molecule has 0 aliphatic carbocycles. The number of pyridine rings is 1. The second kappa shape index (κ2) is 22.8. The van der Waals surface area contributed by atoms with Gasteiger partial charge in [-0.15, -0.1) is 11.8 Å². The zero-order valence-corrected chi connectivity index (χ0v) is 45.3. The van der Waals surface area contributed by atoms with Crippen molar-refractivity contribution >= 4 is 104 Å². The summed E-state index contributed by atoms with van der Waals surface area (Å²) < 4.78 is 41.0. The zero-order valence-electron chi connectivity index (χ0n) is 40.0. The summed E-state index contributed by atoms with van der Waals surface area (Å²) in [4.78, 5) is 77.5. The van der Waals surface area contributed by atoms with E-state index in [2.05, 4.69) is 26.1 Å². The highest BCUT2D eigenvalue weighted by molar-refractivity contribution is 8.00. The molecule has 2 aliphatic rings. The number of thioether (sulfide) groups is 1. The monoisotopic (exact) mass is 1180 g/mol. The number of hydrogen-bond donors (Lipinski definition) is 4. The molecule has 4 amide bonds. The molecule has 5 heterocycles. The molecule has 0 bridgehead atoms. The van der Waals surface area contributed by atoms with E-state index in [-0.39, 0.29) is 92.1 Å². The van der Waals surface area contributed by atoms with Crippen molar-refractivity contribution in [2.45, 2.75) is 83.9 Å². The number of methoxy groups -OCH3 is 1. The summed E-state index contributed by atoms with van der Waals surface area (Å²) in [5, 5.41) is 18.9. The van der Waals surface area contributed by atoms with Crippen LogP contribution in [-0.4, -0.2) is 98.6 Å². The van der Waals surface area contributed by atoms with Crippen molar-refractivity contribution < 1.29 is 80.7 Å². The largest absolute Gasteiger partial charge is 1.00 e. The normalized spacial score (nSPS) is 15.7. The lowest BCUT2D eigenvalue weighted by atomic mass is 10.0. The van der Waals surface area contributed by atoms with E-state index in [1.807, 2.05) is 16.7 Å². The van der Waals surface area contributed by atoms with Gasteiger partial charge in [0.2, 0.25) is 5.52 Å². The molecule has 4 N–H and O–H groups in total. The number of carbonyl (C=O) groups is 5. The van der Waals surface area contributed by atoms with Gasteiger partial charge < -0.3 is 57.6 Å². The van der Waals surface area contributed by atoms with Crippen LogP contribution in [0.2, 0.25) is 9.36 Å². The molecule has 25 heteroatoms. The highest BCUT2D eigenvalue weighted by Gasteiger charge is 2.55. The van der Waals surface area contributed by atoms with E-state index >= 15 is 4.39 Å². The van der Waals surface area contributed by atoms with Gasteiger partial charge in [0.25, 0.3) is 11.8 Å². The molecule has 0 spiro atoms. The Balaban J connectivity index is 0.00000847. The predicted molar refractivity (Wildman–Crippen MR) is 264 cm³/mol. The Kier molecular flexibility index (Phi) is 17.5. The summed E-state index contributed by atoms with van der Waals surface area (Å²) >= 11 is 15.2. The van der Waals surface area contributed by atoms with Crippen molar-refractivity contribution in [3.63, 3.8) is 0 Å². The average molecular weight is 1180 g/mol. The lowest BCUT2D eigenvalue weighted by Gasteiger charge is -2.49. The van der Waals surface area contributed by atoms with Gasteiger partial charge in [-0.3, -0.25) is 30.5 Å². The number of halogens is 4. The molecule has 2 aromatic carbocycles. The highest BCUT2D eigenvalue weighted by Crippen LogP contribution is 2.41. The van der Waals surface area contributed by atoms with Crippen LogP contribution in [-0.2, 0) is 53.1 Å². The Hall–Kier alpha value is -6.02. The van der Waals surface area contributed by atoms with Gasteiger partial charge in [-0.2, -0.15) is 4.57 Å². The molecule has 2 atom stereocenters. The fourth-order valence-electron chi connectivity index (χ4n) is 7.36. The summed E-state index contributed by atoms with van der Waals surface area (Å²) in [5.74, 6) is -2.48. The number of nitrogens with one attached hydrogen (secondary N) is 4. The molecule has 7 rings (SSSR count). The molecule has 1 fully saturated rings. The molecular weight excluding hydrogens is 1130 g/mol. The van der Waals surface area contributed by atoms with Gasteiger partial charge in [0.05, 0.1) is 13.7 Å². The number of fused-ring (bicyclic) bond motifs is 2. The van der Waals surface area contributed by atoms with Crippen molar-refractivity contribution in [2.24, 2.45) is 5.16 Å². The van der Waals surface area contributed by atoms with Gasteiger partial charge in [0, 0.05) is 45.8 Å². The van der Waals surface area contributed by atoms with Crippen LogP contribution in [0.15, 0.2) is 83.4 Å². The molecule has 0 unspecified atom stereocenters. The standard InChI is InChI=1S/C47H48Cl2FN9O10S2.HI/c1-46(2,3)68-44(63)54-38(51)25-18-29(48)28(30(50)19-25)21-58-17-15-32-31(58)10-9-16-57(32)20-26-23-70-41-35(40(61)59(41)36(26)42(62)67-22-24-11-13-27(65-7)14-12-24)52-39(60)34(56-66-8)33-37(49)71-43(53-33)55-45(64)69-47(4,5)6;/h9-19,35,41H,20-23H2,1-8H3,(H3-,51,52,53,54,55,60,63,64);1H/b56-34-;/t35-,41-;/m1./s1. The van der Waals surface area contributed by atoms with E-state index in [1.54, 1.807) is 88.8 Å². The number of benzene rings is 2. The van der Waals surface area contributed by atoms with E-state index in [1.165, 1.54) is 36.9 Å². The summed E-state index contributed by atoms with van der Waals surface area (Å²) in [6.45, 7) is 10.1. The third-order valence-electron chi connectivity index (χ3n) is 10.4. The van der Waals surface area contributed by atoms with Crippen LogP contribution in [0.4, 0.5) is 19.1 Å². The summed E-state index contributed by atoms with van der Waals surface area (Å²) in [5.41, 5.74) is 0.683. The number of ether oxygens (including phenoxy) is 4. The van der Waals surface area contributed by atoms with Crippen molar-refractivity contribution in [3.8, 4) is 5.75 Å². The number of rotatable bonds is 14. The third kappa shape index (κ3) is 13.0. The van der Waals surface area contributed by atoms with E-state index < -0.39 is 64.2 Å².